The molecule has 0 bridgehead atoms. The van der Waals surface area contributed by atoms with Crippen LogP contribution >= 0.6 is 0 Å². The topological polar surface area (TPSA) is 46.5 Å². The third-order valence-corrected chi connectivity index (χ3v) is 6.55. The third-order valence-electron chi connectivity index (χ3n) is 6.55. The Morgan fingerprint density at radius 2 is 1.73 bits per heavy atom. The van der Waals surface area contributed by atoms with E-state index >= 15 is 0 Å². The van der Waals surface area contributed by atoms with Crippen LogP contribution in [0.2, 0.25) is 0 Å². The number of rotatable bonds is 7. The Morgan fingerprint density at radius 1 is 1.03 bits per heavy atom. The van der Waals surface area contributed by atoms with Crippen molar-refractivity contribution in [2.45, 2.75) is 49.5 Å². The molecule has 1 aliphatic carbocycles. The number of phenolic OH excluding ortho intramolecular Hbond substituents is 1. The quantitative estimate of drug-likeness (QED) is 0.618. The van der Waals surface area contributed by atoms with Gasteiger partial charge in [0.1, 0.15) is 23.4 Å². The van der Waals surface area contributed by atoms with E-state index < -0.39 is 0 Å². The van der Waals surface area contributed by atoms with E-state index in [1.165, 1.54) is 5.56 Å². The molecule has 30 heavy (non-hydrogen) atoms. The Morgan fingerprint density at radius 3 is 2.43 bits per heavy atom. The van der Waals surface area contributed by atoms with Gasteiger partial charge < -0.3 is 9.84 Å². The van der Waals surface area contributed by atoms with Gasteiger partial charge in [0.2, 0.25) is 0 Å². The molecule has 154 valence electrons. The molecule has 0 radical (unpaired) electrons. The molecule has 0 aromatic heterocycles. The first-order valence-corrected chi connectivity index (χ1v) is 10.5. The van der Waals surface area contributed by atoms with Gasteiger partial charge in [-0.3, -0.25) is 4.79 Å². The average Bonchev–Trinajstić information content (AvgIpc) is 3.02. The Hall–Kier alpha value is -3.07. The van der Waals surface area contributed by atoms with Crippen LogP contribution in [0.4, 0.5) is 0 Å². The van der Waals surface area contributed by atoms with Crippen LogP contribution in [0.25, 0.3) is 0 Å². The molecule has 1 N–H and O–H groups in total. The molecule has 2 aromatic carbocycles. The number of phenols is 1. The van der Waals surface area contributed by atoms with E-state index in [4.69, 9.17) is 4.74 Å². The summed E-state index contributed by atoms with van der Waals surface area (Å²) in [6.45, 7) is 11.6. The summed E-state index contributed by atoms with van der Waals surface area (Å²) >= 11 is 0. The molecule has 0 saturated heterocycles. The van der Waals surface area contributed by atoms with Gasteiger partial charge in [0.25, 0.3) is 0 Å². The van der Waals surface area contributed by atoms with Crippen LogP contribution in [-0.2, 0) is 23.1 Å². The number of benzene rings is 2. The first-order valence-electron chi connectivity index (χ1n) is 10.5. The first-order chi connectivity index (χ1) is 14.5. The predicted molar refractivity (Wildman–Crippen MR) is 120 cm³/mol. The van der Waals surface area contributed by atoms with Crippen molar-refractivity contribution in [3.05, 3.63) is 96.6 Å². The third kappa shape index (κ3) is 3.28. The number of fused-ring (bicyclic) bond motifs is 3. The number of hydrogen-bond donors (Lipinski definition) is 1. The first kappa shape index (κ1) is 20.2. The Balaban J connectivity index is 1.80. The minimum atomic E-state index is -0.372. The zero-order valence-corrected chi connectivity index (χ0v) is 17.3. The molecular formula is C27H28O3. The fourth-order valence-corrected chi connectivity index (χ4v) is 5.13. The van der Waals surface area contributed by atoms with Crippen LogP contribution in [0.15, 0.2) is 74.4 Å². The van der Waals surface area contributed by atoms with Crippen LogP contribution < -0.4 is 4.74 Å². The zero-order valence-electron chi connectivity index (χ0n) is 17.3. The molecular weight excluding hydrogens is 372 g/mol. The minimum absolute atomic E-state index is 0.116. The second kappa shape index (κ2) is 7.98. The van der Waals surface area contributed by atoms with Gasteiger partial charge in [-0.25, -0.2) is 0 Å². The van der Waals surface area contributed by atoms with Crippen molar-refractivity contribution in [1.82, 2.24) is 0 Å². The molecule has 0 amide bonds. The SMILES string of the molecule is C=CCc1ccc(O)c([C@@H]2CC3(CC=C)c4cc(CC=C)ccc4O[C@H]3CC2=O)c1. The normalized spacial score (nSPS) is 24.5. The fraction of sp³-hybridized carbons (Fsp3) is 0.296. The van der Waals surface area contributed by atoms with Gasteiger partial charge >= 0.3 is 0 Å². The summed E-state index contributed by atoms with van der Waals surface area (Å²) < 4.78 is 6.28. The van der Waals surface area contributed by atoms with Crippen molar-refractivity contribution in [2.24, 2.45) is 0 Å². The number of Topliss-reactive ketones (excluding diaryl/α,β-unsaturated/α-hetero) is 1. The maximum atomic E-state index is 13.2. The lowest BCUT2D eigenvalue weighted by molar-refractivity contribution is -0.126. The van der Waals surface area contributed by atoms with Gasteiger partial charge in [-0.15, -0.1) is 19.7 Å². The lowest BCUT2D eigenvalue weighted by Gasteiger charge is -2.41. The summed E-state index contributed by atoms with van der Waals surface area (Å²) in [5.74, 6) is 0.772. The number of carbonyl (C=O) groups excluding carboxylic acids is 1. The fourth-order valence-electron chi connectivity index (χ4n) is 5.13. The molecule has 1 fully saturated rings. The van der Waals surface area contributed by atoms with E-state index in [-0.39, 0.29) is 29.0 Å². The number of hydrogen-bond acceptors (Lipinski definition) is 3. The summed E-state index contributed by atoms with van der Waals surface area (Å²) in [5, 5.41) is 10.6. The highest BCUT2D eigenvalue weighted by atomic mass is 16.5. The Kier molecular flexibility index (Phi) is 5.38. The number of carbonyl (C=O) groups is 1. The van der Waals surface area contributed by atoms with E-state index in [0.29, 0.717) is 24.8 Å². The highest BCUT2D eigenvalue weighted by Gasteiger charge is 2.54. The van der Waals surface area contributed by atoms with Crippen LogP contribution in [0, 0.1) is 0 Å². The average molecular weight is 401 g/mol. The molecule has 1 saturated carbocycles. The van der Waals surface area contributed by atoms with E-state index in [1.807, 2.05) is 36.4 Å². The lowest BCUT2D eigenvalue weighted by Crippen LogP contribution is -2.46. The van der Waals surface area contributed by atoms with Crippen molar-refractivity contribution in [1.29, 1.82) is 0 Å². The monoisotopic (exact) mass is 400 g/mol. The maximum absolute atomic E-state index is 13.2. The van der Waals surface area contributed by atoms with Crippen molar-refractivity contribution < 1.29 is 14.6 Å². The Labute approximate surface area is 178 Å². The smallest absolute Gasteiger partial charge is 0.144 e. The minimum Gasteiger partial charge on any atom is -0.508 e. The summed E-state index contributed by atoms with van der Waals surface area (Å²) in [6, 6.07) is 11.8. The molecule has 2 aromatic rings. The molecule has 3 heteroatoms. The largest absolute Gasteiger partial charge is 0.508 e. The molecule has 1 aliphatic heterocycles. The van der Waals surface area contributed by atoms with Crippen LogP contribution in [0.1, 0.15) is 47.4 Å². The summed E-state index contributed by atoms with van der Waals surface area (Å²) in [6.07, 6.45) is 8.58. The van der Waals surface area contributed by atoms with Crippen molar-refractivity contribution in [2.75, 3.05) is 0 Å². The van der Waals surface area contributed by atoms with Gasteiger partial charge in [0, 0.05) is 28.9 Å². The molecule has 3 nitrogen and oxygen atoms in total. The van der Waals surface area contributed by atoms with Crippen molar-refractivity contribution in [3.8, 4) is 11.5 Å². The van der Waals surface area contributed by atoms with E-state index in [1.54, 1.807) is 6.07 Å². The lowest BCUT2D eigenvalue weighted by atomic mass is 9.61. The molecule has 0 spiro atoms. The predicted octanol–water partition coefficient (Wildman–Crippen LogP) is 5.57. The molecule has 3 atom stereocenters. The van der Waals surface area contributed by atoms with Crippen LogP contribution in [-0.4, -0.2) is 17.0 Å². The molecule has 1 heterocycles. The molecule has 4 rings (SSSR count). The van der Waals surface area contributed by atoms with Crippen molar-refractivity contribution in [3.63, 3.8) is 0 Å². The zero-order chi connectivity index (χ0) is 21.3. The van der Waals surface area contributed by atoms with Gasteiger partial charge in [-0.1, -0.05) is 42.5 Å². The molecule has 2 aliphatic rings. The van der Waals surface area contributed by atoms with Crippen molar-refractivity contribution >= 4 is 5.78 Å². The van der Waals surface area contributed by atoms with E-state index in [2.05, 4.69) is 31.9 Å². The highest BCUT2D eigenvalue weighted by molar-refractivity contribution is 5.89. The highest BCUT2D eigenvalue weighted by Crippen LogP contribution is 2.55. The van der Waals surface area contributed by atoms with Gasteiger partial charge in [0.05, 0.1) is 0 Å². The number of allylic oxidation sites excluding steroid dienone is 3. The maximum Gasteiger partial charge on any atom is 0.144 e. The standard InChI is InChI=1S/C27H28O3/c1-4-7-18-9-11-23(28)20(14-18)21-17-27(13-6-3)22-15-19(8-5-2)10-12-25(22)30-26(27)16-24(21)29/h4-6,9-12,14-15,21,26,28H,1-3,7-8,13,16-17H2/t21-,26-,27?/m0/s1. The summed E-state index contributed by atoms with van der Waals surface area (Å²) in [4.78, 5) is 13.2. The van der Waals surface area contributed by atoms with Gasteiger partial charge in [-0.2, -0.15) is 0 Å². The number of aromatic hydroxyl groups is 1. The second-order valence-corrected chi connectivity index (χ2v) is 8.39. The second-order valence-electron chi connectivity index (χ2n) is 8.39. The number of ether oxygens (including phenoxy) is 1. The van der Waals surface area contributed by atoms with Gasteiger partial charge in [-0.05, 0) is 48.9 Å². The Bertz CT molecular complexity index is 1020. The summed E-state index contributed by atoms with van der Waals surface area (Å²) in [5.41, 5.74) is 3.75. The van der Waals surface area contributed by atoms with Gasteiger partial charge in [0.15, 0.2) is 0 Å². The van der Waals surface area contributed by atoms with E-state index in [9.17, 15) is 9.90 Å². The number of ketones is 1. The summed E-state index contributed by atoms with van der Waals surface area (Å²) in [7, 11) is 0. The molecule has 1 unspecified atom stereocenters. The van der Waals surface area contributed by atoms with Crippen LogP contribution in [0.3, 0.4) is 0 Å². The van der Waals surface area contributed by atoms with E-state index in [0.717, 1.165) is 29.7 Å². The van der Waals surface area contributed by atoms with Crippen LogP contribution in [0.5, 0.6) is 11.5 Å².